The van der Waals surface area contributed by atoms with Crippen molar-refractivity contribution >= 4 is 23.6 Å². The molecule has 1 amide bonds. The summed E-state index contributed by atoms with van der Waals surface area (Å²) in [5.41, 5.74) is 0.529. The first-order valence-electron chi connectivity index (χ1n) is 6.95. The van der Waals surface area contributed by atoms with Crippen LogP contribution in [0.5, 0.6) is 0 Å². The van der Waals surface area contributed by atoms with E-state index in [0.717, 1.165) is 4.90 Å². The highest BCUT2D eigenvalue weighted by Crippen LogP contribution is 2.26. The molecule has 23 heavy (non-hydrogen) atoms. The maximum Gasteiger partial charge on any atom is 0.305 e. The van der Waals surface area contributed by atoms with Gasteiger partial charge in [-0.25, -0.2) is 0 Å². The van der Waals surface area contributed by atoms with Crippen LogP contribution in [0.25, 0.3) is 0 Å². The fraction of sp³-hybridized carbons (Fsp3) is 0.333. The van der Waals surface area contributed by atoms with Crippen LogP contribution in [0, 0.1) is 6.92 Å². The van der Waals surface area contributed by atoms with Gasteiger partial charge >= 0.3 is 5.97 Å². The zero-order chi connectivity index (χ0) is 16.8. The standard InChI is InChI=1S/C15H17N3O4S/c1-10-16-13(22-17-10)9-23-12-6-4-3-5-11(12)15(21)18(2)8-7-14(19)20/h3-6H,7-9H2,1-2H3,(H,19,20). The van der Waals surface area contributed by atoms with Crippen LogP contribution in [0.4, 0.5) is 0 Å². The van der Waals surface area contributed by atoms with Gasteiger partial charge < -0.3 is 14.5 Å². The number of carboxylic acids is 1. The number of carbonyl (C=O) groups excluding carboxylic acids is 1. The highest BCUT2D eigenvalue weighted by Gasteiger charge is 2.17. The first kappa shape index (κ1) is 17.0. The Labute approximate surface area is 137 Å². The Morgan fingerprint density at radius 3 is 2.74 bits per heavy atom. The van der Waals surface area contributed by atoms with E-state index in [2.05, 4.69) is 10.1 Å². The summed E-state index contributed by atoms with van der Waals surface area (Å²) in [5.74, 6) is 0.381. The molecule has 0 aliphatic carbocycles. The van der Waals surface area contributed by atoms with Crippen LogP contribution in [0.3, 0.4) is 0 Å². The Morgan fingerprint density at radius 2 is 2.09 bits per heavy atom. The molecule has 0 unspecified atom stereocenters. The van der Waals surface area contributed by atoms with Crippen molar-refractivity contribution in [1.82, 2.24) is 15.0 Å². The molecule has 2 aromatic rings. The molecule has 0 spiro atoms. The maximum atomic E-state index is 12.5. The van der Waals surface area contributed by atoms with E-state index in [-0.39, 0.29) is 18.9 Å². The number of rotatable bonds is 7. The molecular weight excluding hydrogens is 318 g/mol. The van der Waals surface area contributed by atoms with Crippen molar-refractivity contribution in [2.24, 2.45) is 0 Å². The van der Waals surface area contributed by atoms with E-state index in [0.29, 0.717) is 23.0 Å². The van der Waals surface area contributed by atoms with Gasteiger partial charge in [0, 0.05) is 18.5 Å². The largest absolute Gasteiger partial charge is 0.481 e. The smallest absolute Gasteiger partial charge is 0.305 e. The number of carbonyl (C=O) groups is 2. The van der Waals surface area contributed by atoms with Crippen LogP contribution < -0.4 is 0 Å². The van der Waals surface area contributed by atoms with Gasteiger partial charge in [0.25, 0.3) is 5.91 Å². The Morgan fingerprint density at radius 1 is 1.35 bits per heavy atom. The van der Waals surface area contributed by atoms with Gasteiger partial charge in [-0.2, -0.15) is 4.98 Å². The molecule has 0 atom stereocenters. The second-order valence-electron chi connectivity index (χ2n) is 4.89. The molecule has 0 saturated carbocycles. The average Bonchev–Trinajstić information content (AvgIpc) is 2.95. The van der Waals surface area contributed by atoms with E-state index < -0.39 is 5.97 Å². The molecule has 8 heteroatoms. The lowest BCUT2D eigenvalue weighted by molar-refractivity contribution is -0.137. The third kappa shape index (κ3) is 4.82. The van der Waals surface area contributed by atoms with Crippen molar-refractivity contribution in [1.29, 1.82) is 0 Å². The monoisotopic (exact) mass is 335 g/mol. The number of amides is 1. The van der Waals surface area contributed by atoms with Crippen molar-refractivity contribution < 1.29 is 19.2 Å². The maximum absolute atomic E-state index is 12.5. The number of hydrogen-bond donors (Lipinski definition) is 1. The van der Waals surface area contributed by atoms with Gasteiger partial charge in [-0.05, 0) is 19.1 Å². The van der Waals surface area contributed by atoms with E-state index in [4.69, 9.17) is 9.63 Å². The summed E-state index contributed by atoms with van der Waals surface area (Å²) in [7, 11) is 1.59. The van der Waals surface area contributed by atoms with Crippen LogP contribution in [-0.2, 0) is 10.5 Å². The van der Waals surface area contributed by atoms with Crippen LogP contribution in [0.15, 0.2) is 33.7 Å². The van der Waals surface area contributed by atoms with Crippen molar-refractivity contribution in [2.45, 2.75) is 24.0 Å². The van der Waals surface area contributed by atoms with Crippen LogP contribution in [0.1, 0.15) is 28.5 Å². The van der Waals surface area contributed by atoms with Crippen molar-refractivity contribution in [3.63, 3.8) is 0 Å². The quantitative estimate of drug-likeness (QED) is 0.775. The molecule has 122 valence electrons. The number of nitrogens with zero attached hydrogens (tertiary/aromatic N) is 3. The van der Waals surface area contributed by atoms with Crippen molar-refractivity contribution in [3.05, 3.63) is 41.5 Å². The summed E-state index contributed by atoms with van der Waals surface area (Å²) in [5, 5.41) is 12.4. The van der Waals surface area contributed by atoms with Gasteiger partial charge in [-0.3, -0.25) is 9.59 Å². The van der Waals surface area contributed by atoms with Crippen LogP contribution in [-0.4, -0.2) is 45.6 Å². The van der Waals surface area contributed by atoms with Gasteiger partial charge in [0.2, 0.25) is 5.89 Å². The molecular formula is C15H17N3O4S. The van der Waals surface area contributed by atoms with Crippen LogP contribution in [0.2, 0.25) is 0 Å². The number of aliphatic carboxylic acids is 1. The molecule has 0 saturated heterocycles. The van der Waals surface area contributed by atoms with Crippen molar-refractivity contribution in [3.8, 4) is 0 Å². The highest BCUT2D eigenvalue weighted by atomic mass is 32.2. The van der Waals surface area contributed by atoms with E-state index in [1.807, 2.05) is 12.1 Å². The first-order chi connectivity index (χ1) is 11.0. The molecule has 2 rings (SSSR count). The molecule has 0 aliphatic heterocycles. The van der Waals surface area contributed by atoms with Gasteiger partial charge in [0.15, 0.2) is 5.82 Å². The molecule has 0 aliphatic rings. The van der Waals surface area contributed by atoms with E-state index >= 15 is 0 Å². The third-order valence-electron chi connectivity index (χ3n) is 3.05. The van der Waals surface area contributed by atoms with Gasteiger partial charge in [-0.15, -0.1) is 11.8 Å². The fourth-order valence-electron chi connectivity index (χ4n) is 1.88. The number of aryl methyl sites for hydroxylation is 1. The lowest BCUT2D eigenvalue weighted by Gasteiger charge is -2.17. The zero-order valence-corrected chi connectivity index (χ0v) is 13.7. The summed E-state index contributed by atoms with van der Waals surface area (Å²) < 4.78 is 5.06. The number of carboxylic acid groups (broad SMARTS) is 1. The Kier molecular flexibility index (Phi) is 5.75. The molecule has 0 radical (unpaired) electrons. The number of benzene rings is 1. The summed E-state index contributed by atoms with van der Waals surface area (Å²) in [4.78, 5) is 29.4. The lowest BCUT2D eigenvalue weighted by Crippen LogP contribution is -2.29. The minimum atomic E-state index is -0.931. The van der Waals surface area contributed by atoms with Gasteiger partial charge in [0.05, 0.1) is 17.7 Å². The molecule has 0 bridgehead atoms. The summed E-state index contributed by atoms with van der Waals surface area (Å²) >= 11 is 1.42. The zero-order valence-electron chi connectivity index (χ0n) is 12.9. The fourth-order valence-corrected chi connectivity index (χ4v) is 2.76. The molecule has 1 aromatic carbocycles. The number of hydrogen-bond acceptors (Lipinski definition) is 6. The van der Waals surface area contributed by atoms with E-state index in [1.54, 1.807) is 26.1 Å². The van der Waals surface area contributed by atoms with Gasteiger partial charge in [-0.1, -0.05) is 17.3 Å². The lowest BCUT2D eigenvalue weighted by atomic mass is 10.2. The Bertz CT molecular complexity index is 702. The summed E-state index contributed by atoms with van der Waals surface area (Å²) in [6.07, 6.45) is -0.0845. The Balaban J connectivity index is 2.06. The second-order valence-corrected chi connectivity index (χ2v) is 5.91. The highest BCUT2D eigenvalue weighted by molar-refractivity contribution is 7.98. The molecule has 0 fully saturated rings. The number of thioether (sulfide) groups is 1. The predicted octanol–water partition coefficient (Wildman–Crippen LogP) is 2.22. The van der Waals surface area contributed by atoms with Crippen LogP contribution >= 0.6 is 11.8 Å². The summed E-state index contributed by atoms with van der Waals surface area (Å²) in [6, 6.07) is 7.18. The molecule has 1 N–H and O–H groups in total. The number of aromatic nitrogens is 2. The first-order valence-corrected chi connectivity index (χ1v) is 7.94. The van der Waals surface area contributed by atoms with Gasteiger partial charge in [0.1, 0.15) is 0 Å². The Hall–Kier alpha value is -2.35. The van der Waals surface area contributed by atoms with E-state index in [9.17, 15) is 9.59 Å². The van der Waals surface area contributed by atoms with E-state index in [1.165, 1.54) is 16.7 Å². The second kappa shape index (κ2) is 7.77. The predicted molar refractivity (Wildman–Crippen MR) is 84.3 cm³/mol. The van der Waals surface area contributed by atoms with Crippen molar-refractivity contribution in [2.75, 3.05) is 13.6 Å². The normalized spacial score (nSPS) is 10.5. The average molecular weight is 335 g/mol. The molecule has 1 heterocycles. The molecule has 1 aromatic heterocycles. The third-order valence-corrected chi connectivity index (χ3v) is 4.10. The summed E-state index contributed by atoms with van der Waals surface area (Å²) in [6.45, 7) is 1.91. The SMILES string of the molecule is Cc1noc(CSc2ccccc2C(=O)N(C)CCC(=O)O)n1. The molecule has 7 nitrogen and oxygen atoms in total. The topological polar surface area (TPSA) is 96.5 Å². The minimum Gasteiger partial charge on any atom is -0.481 e. The minimum absolute atomic E-state index is 0.0845.